The first kappa shape index (κ1) is 11.1. The van der Waals surface area contributed by atoms with Crippen LogP contribution in [0, 0.1) is 5.82 Å². The van der Waals surface area contributed by atoms with Crippen molar-refractivity contribution in [1.29, 1.82) is 0 Å². The highest BCUT2D eigenvalue weighted by Crippen LogP contribution is 2.59. The van der Waals surface area contributed by atoms with Crippen molar-refractivity contribution in [2.45, 2.75) is 24.7 Å². The molecule has 1 fully saturated rings. The minimum absolute atomic E-state index is 0.0472. The van der Waals surface area contributed by atoms with Crippen LogP contribution in [0.3, 0.4) is 0 Å². The van der Waals surface area contributed by atoms with Gasteiger partial charge in [-0.1, -0.05) is 0 Å². The van der Waals surface area contributed by atoms with Crippen molar-refractivity contribution < 1.29 is 28.9 Å². The molecule has 2 aliphatic rings. The molecule has 6 heteroatoms. The Morgan fingerprint density at radius 1 is 1.44 bits per heavy atom. The lowest BCUT2D eigenvalue weighted by molar-refractivity contribution is -0.137. The van der Waals surface area contributed by atoms with Crippen LogP contribution in [0.5, 0.6) is 17.2 Å². The van der Waals surface area contributed by atoms with Gasteiger partial charge < -0.3 is 19.7 Å². The van der Waals surface area contributed by atoms with E-state index in [2.05, 4.69) is 0 Å². The number of phenols is 1. The van der Waals surface area contributed by atoms with E-state index in [0.29, 0.717) is 12.8 Å². The van der Waals surface area contributed by atoms with E-state index in [1.165, 1.54) is 0 Å². The Hall–Kier alpha value is -1.98. The van der Waals surface area contributed by atoms with Crippen LogP contribution in [0.2, 0.25) is 0 Å². The zero-order valence-electron chi connectivity index (χ0n) is 9.40. The number of phenolic OH excluding ortho intramolecular Hbond substituents is 1. The molecule has 18 heavy (non-hydrogen) atoms. The summed E-state index contributed by atoms with van der Waals surface area (Å²) in [6.07, 6.45) is 1.03. The SMILES string of the molecule is O=C(O)CC1(c2c(O)c(F)cc3c2OCO3)CC1. The maximum absolute atomic E-state index is 13.6. The zero-order valence-corrected chi connectivity index (χ0v) is 9.40. The summed E-state index contributed by atoms with van der Waals surface area (Å²) in [7, 11) is 0. The lowest BCUT2D eigenvalue weighted by Gasteiger charge is -2.17. The zero-order chi connectivity index (χ0) is 12.9. The van der Waals surface area contributed by atoms with E-state index in [1.54, 1.807) is 0 Å². The van der Waals surface area contributed by atoms with Gasteiger partial charge in [0.1, 0.15) is 0 Å². The number of hydrogen-bond acceptors (Lipinski definition) is 4. The van der Waals surface area contributed by atoms with Crippen molar-refractivity contribution in [1.82, 2.24) is 0 Å². The van der Waals surface area contributed by atoms with Crippen molar-refractivity contribution >= 4 is 5.97 Å². The van der Waals surface area contributed by atoms with E-state index in [9.17, 15) is 14.3 Å². The molecule has 1 aliphatic heterocycles. The van der Waals surface area contributed by atoms with Gasteiger partial charge in [0.2, 0.25) is 6.79 Å². The number of benzene rings is 1. The lowest BCUT2D eigenvalue weighted by atomic mass is 9.90. The fourth-order valence-corrected chi connectivity index (χ4v) is 2.45. The third kappa shape index (κ3) is 1.48. The fraction of sp³-hybridized carbons (Fsp3) is 0.417. The van der Waals surface area contributed by atoms with Crippen LogP contribution in [0.25, 0.3) is 0 Å². The van der Waals surface area contributed by atoms with Crippen LogP contribution in [0.15, 0.2) is 6.07 Å². The minimum Gasteiger partial charge on any atom is -0.505 e. The number of carbonyl (C=O) groups is 1. The number of fused-ring (bicyclic) bond motifs is 1. The summed E-state index contributed by atoms with van der Waals surface area (Å²) in [6, 6.07) is 1.05. The van der Waals surface area contributed by atoms with Gasteiger partial charge in [-0.25, -0.2) is 4.39 Å². The van der Waals surface area contributed by atoms with E-state index in [-0.39, 0.29) is 30.3 Å². The predicted molar refractivity (Wildman–Crippen MR) is 57.4 cm³/mol. The molecule has 0 radical (unpaired) electrons. The first-order valence-electron chi connectivity index (χ1n) is 5.57. The normalized spacial score (nSPS) is 18.7. The number of aliphatic carboxylic acids is 1. The van der Waals surface area contributed by atoms with Crippen molar-refractivity contribution in [2.75, 3.05) is 6.79 Å². The van der Waals surface area contributed by atoms with E-state index in [4.69, 9.17) is 14.6 Å². The van der Waals surface area contributed by atoms with Crippen molar-refractivity contribution in [3.05, 3.63) is 17.4 Å². The highest BCUT2D eigenvalue weighted by molar-refractivity contribution is 5.72. The Bertz CT molecular complexity index is 536. The second-order valence-corrected chi connectivity index (χ2v) is 4.67. The van der Waals surface area contributed by atoms with Gasteiger partial charge in [0.05, 0.1) is 6.42 Å². The molecule has 0 atom stereocenters. The number of hydrogen-bond donors (Lipinski definition) is 2. The predicted octanol–water partition coefficient (Wildman–Crippen LogP) is 1.77. The number of ether oxygens (including phenoxy) is 2. The Morgan fingerprint density at radius 2 is 2.17 bits per heavy atom. The van der Waals surface area contributed by atoms with Gasteiger partial charge in [0.25, 0.3) is 0 Å². The van der Waals surface area contributed by atoms with E-state index < -0.39 is 23.0 Å². The Morgan fingerprint density at radius 3 is 2.78 bits per heavy atom. The molecular formula is C12H11FO5. The molecule has 0 spiro atoms. The molecule has 2 N–H and O–H groups in total. The molecule has 1 aliphatic carbocycles. The first-order valence-corrected chi connectivity index (χ1v) is 5.57. The lowest BCUT2D eigenvalue weighted by Crippen LogP contribution is -2.14. The molecule has 5 nitrogen and oxygen atoms in total. The molecule has 0 bridgehead atoms. The third-order valence-electron chi connectivity index (χ3n) is 3.46. The van der Waals surface area contributed by atoms with Gasteiger partial charge in [-0.3, -0.25) is 4.79 Å². The molecule has 0 aromatic heterocycles. The summed E-state index contributed by atoms with van der Waals surface area (Å²) in [6.45, 7) is -0.0472. The van der Waals surface area contributed by atoms with Gasteiger partial charge in [0, 0.05) is 17.0 Å². The highest BCUT2D eigenvalue weighted by atomic mass is 19.1. The van der Waals surface area contributed by atoms with E-state index in [1.807, 2.05) is 0 Å². The number of carboxylic acid groups (broad SMARTS) is 1. The molecule has 1 aromatic rings. The molecule has 0 amide bonds. The Labute approximate surface area is 102 Å². The molecule has 1 aromatic carbocycles. The summed E-state index contributed by atoms with van der Waals surface area (Å²) in [5.41, 5.74) is -0.493. The Kier molecular flexibility index (Phi) is 2.17. The van der Waals surface area contributed by atoms with Crippen molar-refractivity contribution in [2.24, 2.45) is 0 Å². The Balaban J connectivity index is 2.14. The van der Waals surface area contributed by atoms with Crippen molar-refractivity contribution in [3.63, 3.8) is 0 Å². The number of halogens is 1. The number of aromatic hydroxyl groups is 1. The van der Waals surface area contributed by atoms with Gasteiger partial charge in [-0.05, 0) is 12.8 Å². The maximum Gasteiger partial charge on any atom is 0.304 e. The fourth-order valence-electron chi connectivity index (χ4n) is 2.45. The van der Waals surface area contributed by atoms with Crippen LogP contribution in [-0.4, -0.2) is 23.0 Å². The van der Waals surface area contributed by atoms with Crippen LogP contribution < -0.4 is 9.47 Å². The molecular weight excluding hydrogens is 243 g/mol. The second-order valence-electron chi connectivity index (χ2n) is 4.67. The average Bonchev–Trinajstić information content (AvgIpc) is 2.88. The number of rotatable bonds is 3. The van der Waals surface area contributed by atoms with Gasteiger partial charge in [-0.2, -0.15) is 0 Å². The molecule has 1 heterocycles. The maximum atomic E-state index is 13.6. The van der Waals surface area contributed by atoms with Crippen LogP contribution >= 0.6 is 0 Å². The van der Waals surface area contributed by atoms with Crippen LogP contribution in [-0.2, 0) is 10.2 Å². The second kappa shape index (κ2) is 3.51. The van der Waals surface area contributed by atoms with E-state index in [0.717, 1.165) is 6.07 Å². The first-order chi connectivity index (χ1) is 8.53. The monoisotopic (exact) mass is 254 g/mol. The topological polar surface area (TPSA) is 76.0 Å². The largest absolute Gasteiger partial charge is 0.505 e. The van der Waals surface area contributed by atoms with E-state index >= 15 is 0 Å². The summed E-state index contributed by atoms with van der Waals surface area (Å²) in [5, 5.41) is 18.8. The molecule has 1 saturated carbocycles. The minimum atomic E-state index is -0.983. The van der Waals surface area contributed by atoms with Crippen LogP contribution in [0.1, 0.15) is 24.8 Å². The highest BCUT2D eigenvalue weighted by Gasteiger charge is 2.51. The standard InChI is InChI=1S/C12H11FO5/c13-6-3-7-11(18-5-17-7)9(10(6)16)12(1-2-12)4-8(14)15/h3,16H,1-2,4-5H2,(H,14,15). The van der Waals surface area contributed by atoms with Crippen LogP contribution in [0.4, 0.5) is 4.39 Å². The molecule has 0 unspecified atom stereocenters. The molecule has 0 saturated heterocycles. The summed E-state index contributed by atoms with van der Waals surface area (Å²) in [5.74, 6) is -1.84. The van der Waals surface area contributed by atoms with Gasteiger partial charge in [-0.15, -0.1) is 0 Å². The quantitative estimate of drug-likeness (QED) is 0.859. The number of carboxylic acids is 1. The summed E-state index contributed by atoms with van der Waals surface area (Å²) >= 11 is 0. The smallest absolute Gasteiger partial charge is 0.304 e. The summed E-state index contributed by atoms with van der Waals surface area (Å²) < 4.78 is 23.9. The van der Waals surface area contributed by atoms with Crippen molar-refractivity contribution in [3.8, 4) is 17.2 Å². The third-order valence-corrected chi connectivity index (χ3v) is 3.46. The molecule has 96 valence electrons. The van der Waals surface area contributed by atoms with Gasteiger partial charge >= 0.3 is 5.97 Å². The molecule has 3 rings (SSSR count). The summed E-state index contributed by atoms with van der Waals surface area (Å²) in [4.78, 5) is 10.9. The average molecular weight is 254 g/mol. The van der Waals surface area contributed by atoms with Gasteiger partial charge in [0.15, 0.2) is 23.1 Å².